The second-order valence-corrected chi connectivity index (χ2v) is 8.77. The van der Waals surface area contributed by atoms with Crippen LogP contribution in [0.1, 0.15) is 27.7 Å². The Balaban J connectivity index is 1.87. The number of anilines is 1. The van der Waals surface area contributed by atoms with Crippen molar-refractivity contribution < 1.29 is 14.3 Å². The van der Waals surface area contributed by atoms with Gasteiger partial charge >= 0.3 is 0 Å². The Morgan fingerprint density at radius 2 is 2.19 bits per heavy atom. The van der Waals surface area contributed by atoms with Crippen molar-refractivity contribution >= 4 is 40.3 Å². The molecular weight excluding hydrogens is 352 g/mol. The topological polar surface area (TPSA) is 85.2 Å². The van der Waals surface area contributed by atoms with E-state index in [2.05, 4.69) is 15.7 Å². The lowest BCUT2D eigenvalue weighted by Crippen LogP contribution is -2.55. The van der Waals surface area contributed by atoms with Crippen LogP contribution >= 0.6 is 11.8 Å². The van der Waals surface area contributed by atoms with Gasteiger partial charge in [-0.2, -0.15) is 5.10 Å². The molecule has 0 spiro atoms. The fourth-order valence-electron chi connectivity index (χ4n) is 2.80. The highest BCUT2D eigenvalue weighted by molar-refractivity contribution is 8.01. The lowest BCUT2D eigenvalue weighted by Gasteiger charge is -2.32. The fraction of sp³-hybridized carbons (Fsp3) is 0.500. The van der Waals surface area contributed by atoms with Crippen LogP contribution in [0.5, 0.6) is 5.75 Å². The van der Waals surface area contributed by atoms with Gasteiger partial charge in [-0.25, -0.2) is 0 Å². The number of carbonyl (C=O) groups excluding carboxylic acids is 2. The number of thioether (sulfide) groups is 1. The molecule has 1 atom stereocenters. The Labute approximate surface area is 156 Å². The number of benzene rings is 1. The quantitative estimate of drug-likeness (QED) is 0.855. The molecule has 1 aliphatic heterocycles. The molecule has 1 aromatic carbocycles. The number of nitrogens with one attached hydrogen (secondary N) is 2. The number of carbonyl (C=O) groups is 2. The zero-order valence-electron chi connectivity index (χ0n) is 15.6. The molecule has 140 valence electrons. The van der Waals surface area contributed by atoms with Crippen LogP contribution in [0.3, 0.4) is 0 Å². The largest absolute Gasteiger partial charge is 0.490 e. The van der Waals surface area contributed by atoms with E-state index in [9.17, 15) is 9.59 Å². The summed E-state index contributed by atoms with van der Waals surface area (Å²) >= 11 is 1.47. The van der Waals surface area contributed by atoms with Crippen LogP contribution in [0.15, 0.2) is 18.2 Å². The molecule has 8 heteroatoms. The van der Waals surface area contributed by atoms with Gasteiger partial charge in [-0.15, -0.1) is 11.8 Å². The summed E-state index contributed by atoms with van der Waals surface area (Å²) in [6.45, 7) is 7.60. The summed E-state index contributed by atoms with van der Waals surface area (Å²) in [5.74, 6) is 1.21. The minimum atomic E-state index is -0.587. The average Bonchev–Trinajstić information content (AvgIpc) is 2.86. The predicted octanol–water partition coefficient (Wildman–Crippen LogP) is 2.31. The van der Waals surface area contributed by atoms with Gasteiger partial charge in [0.05, 0.1) is 21.8 Å². The molecule has 1 saturated heterocycles. The van der Waals surface area contributed by atoms with Crippen LogP contribution in [0.4, 0.5) is 5.82 Å². The molecule has 2 heterocycles. The number of aromatic nitrogens is 2. The number of amides is 2. The molecule has 1 aromatic heterocycles. The van der Waals surface area contributed by atoms with Gasteiger partial charge < -0.3 is 15.4 Å². The van der Waals surface area contributed by atoms with Gasteiger partial charge in [0.1, 0.15) is 11.8 Å². The van der Waals surface area contributed by atoms with E-state index >= 15 is 0 Å². The Morgan fingerprint density at radius 1 is 1.46 bits per heavy atom. The predicted molar refractivity (Wildman–Crippen MR) is 104 cm³/mol. The van der Waals surface area contributed by atoms with Crippen molar-refractivity contribution in [3.63, 3.8) is 0 Å². The number of ether oxygens (including phenoxy) is 1. The molecule has 0 aliphatic carbocycles. The Hall–Kier alpha value is -2.22. The number of hydrogen-bond donors (Lipinski definition) is 2. The first-order valence-electron chi connectivity index (χ1n) is 8.57. The van der Waals surface area contributed by atoms with Gasteiger partial charge in [0.25, 0.3) is 0 Å². The number of hydrogen-bond acceptors (Lipinski definition) is 5. The van der Waals surface area contributed by atoms with Crippen molar-refractivity contribution in [1.82, 2.24) is 15.1 Å². The van der Waals surface area contributed by atoms with Crippen molar-refractivity contribution in [2.45, 2.75) is 44.6 Å². The fourth-order valence-corrected chi connectivity index (χ4v) is 3.80. The number of fused-ring (bicyclic) bond motifs is 1. The molecule has 1 aliphatic rings. The van der Waals surface area contributed by atoms with Crippen LogP contribution in [0.25, 0.3) is 10.9 Å². The molecule has 2 amide bonds. The minimum Gasteiger partial charge on any atom is -0.490 e. The highest BCUT2D eigenvalue weighted by Crippen LogP contribution is 2.33. The normalized spacial score (nSPS) is 19.5. The van der Waals surface area contributed by atoms with Crippen LogP contribution in [-0.2, 0) is 16.6 Å². The summed E-state index contributed by atoms with van der Waals surface area (Å²) in [6.07, 6.45) is 0.000576. The van der Waals surface area contributed by atoms with E-state index in [1.165, 1.54) is 11.8 Å². The van der Waals surface area contributed by atoms with Gasteiger partial charge in [0.2, 0.25) is 11.8 Å². The van der Waals surface area contributed by atoms with Crippen molar-refractivity contribution in [3.05, 3.63) is 18.2 Å². The molecule has 26 heavy (non-hydrogen) atoms. The molecule has 0 unspecified atom stereocenters. The van der Waals surface area contributed by atoms with Gasteiger partial charge in [0.15, 0.2) is 5.82 Å². The number of aryl methyl sites for hydroxylation is 1. The van der Waals surface area contributed by atoms with Gasteiger partial charge in [-0.3, -0.25) is 14.3 Å². The first kappa shape index (κ1) is 18.6. The molecular formula is C18H24N4O3S. The van der Waals surface area contributed by atoms with Crippen LogP contribution < -0.4 is 15.4 Å². The van der Waals surface area contributed by atoms with Crippen LogP contribution in [0.2, 0.25) is 0 Å². The van der Waals surface area contributed by atoms with Crippen LogP contribution in [-0.4, -0.2) is 44.2 Å². The maximum absolute atomic E-state index is 12.7. The zero-order chi connectivity index (χ0) is 19.1. The van der Waals surface area contributed by atoms with Crippen molar-refractivity contribution in [2.24, 2.45) is 7.05 Å². The van der Waals surface area contributed by atoms with E-state index in [0.717, 1.165) is 10.9 Å². The molecule has 0 saturated carbocycles. The molecule has 0 bridgehead atoms. The molecule has 2 aromatic rings. The van der Waals surface area contributed by atoms with E-state index in [0.29, 0.717) is 17.3 Å². The Bertz CT molecular complexity index is 859. The smallest absolute Gasteiger partial charge is 0.249 e. The third-order valence-corrected chi connectivity index (χ3v) is 5.63. The number of rotatable bonds is 4. The van der Waals surface area contributed by atoms with Crippen LogP contribution in [0, 0.1) is 0 Å². The second-order valence-electron chi connectivity index (χ2n) is 7.13. The SMILES string of the molecule is CC(C)Oc1cccc2c1c(NC(=O)[C@@H]1CSC(C)(C)C(=O)N1)nn2C. The van der Waals surface area contributed by atoms with E-state index in [1.54, 1.807) is 4.68 Å². The lowest BCUT2D eigenvalue weighted by molar-refractivity contribution is -0.127. The molecule has 2 N–H and O–H groups in total. The lowest BCUT2D eigenvalue weighted by atomic mass is 10.1. The standard InChI is InChI=1S/C18H24N4O3S/c1-10(2)25-13-8-6-7-12-14(13)15(21-22(12)5)20-16(23)11-9-26-18(3,4)17(24)19-11/h6-8,10-11H,9H2,1-5H3,(H,19,24)(H,20,21,23)/t11-/m0/s1. The van der Waals surface area contributed by atoms with Gasteiger partial charge in [0, 0.05) is 12.8 Å². The summed E-state index contributed by atoms with van der Waals surface area (Å²) in [6, 6.07) is 5.09. The molecule has 1 fully saturated rings. The third-order valence-electron chi connectivity index (χ3n) is 4.22. The third kappa shape index (κ3) is 3.51. The molecule has 7 nitrogen and oxygen atoms in total. The maximum atomic E-state index is 12.7. The summed E-state index contributed by atoms with van der Waals surface area (Å²) in [5, 5.41) is 10.8. The average molecular weight is 376 g/mol. The van der Waals surface area contributed by atoms with Crippen molar-refractivity contribution in [3.8, 4) is 5.75 Å². The zero-order valence-corrected chi connectivity index (χ0v) is 16.4. The molecule has 3 rings (SSSR count). The first-order chi connectivity index (χ1) is 12.2. The minimum absolute atomic E-state index is 0.000576. The van der Waals surface area contributed by atoms with Crippen molar-refractivity contribution in [1.29, 1.82) is 0 Å². The monoisotopic (exact) mass is 376 g/mol. The molecule has 0 radical (unpaired) electrons. The van der Waals surface area contributed by atoms with E-state index < -0.39 is 10.8 Å². The maximum Gasteiger partial charge on any atom is 0.249 e. The van der Waals surface area contributed by atoms with E-state index in [4.69, 9.17) is 4.74 Å². The number of nitrogens with zero attached hydrogens (tertiary/aromatic N) is 2. The summed E-state index contributed by atoms with van der Waals surface area (Å²) in [5.41, 5.74) is 0.863. The Kier molecular flexibility index (Phi) is 4.88. The highest BCUT2D eigenvalue weighted by atomic mass is 32.2. The second kappa shape index (κ2) is 6.83. The van der Waals surface area contributed by atoms with Gasteiger partial charge in [-0.05, 0) is 39.8 Å². The summed E-state index contributed by atoms with van der Waals surface area (Å²) in [7, 11) is 1.82. The van der Waals surface area contributed by atoms with Crippen molar-refractivity contribution in [2.75, 3.05) is 11.1 Å². The van der Waals surface area contributed by atoms with E-state index in [1.807, 2.05) is 52.9 Å². The summed E-state index contributed by atoms with van der Waals surface area (Å²) in [4.78, 5) is 24.8. The highest BCUT2D eigenvalue weighted by Gasteiger charge is 2.38. The van der Waals surface area contributed by atoms with E-state index in [-0.39, 0.29) is 17.9 Å². The Morgan fingerprint density at radius 3 is 2.85 bits per heavy atom. The first-order valence-corrected chi connectivity index (χ1v) is 9.56. The summed E-state index contributed by atoms with van der Waals surface area (Å²) < 4.78 is 7.06. The van der Waals surface area contributed by atoms with Gasteiger partial charge in [-0.1, -0.05) is 6.07 Å².